The smallest absolute Gasteiger partial charge is 0.264 e. The normalized spacial score (nSPS) is 22.6. The number of piperidine rings is 1. The number of aryl methyl sites for hydroxylation is 2. The summed E-state index contributed by atoms with van der Waals surface area (Å²) in [5.41, 5.74) is 4.61. The summed E-state index contributed by atoms with van der Waals surface area (Å²) in [6.45, 7) is 6.42. The molecular weight excluding hydrogens is 512 g/mol. The van der Waals surface area contributed by atoms with Crippen molar-refractivity contribution in [1.29, 1.82) is 0 Å². The van der Waals surface area contributed by atoms with Gasteiger partial charge in [-0.25, -0.2) is 8.42 Å². The predicted molar refractivity (Wildman–Crippen MR) is 150 cm³/mol. The highest BCUT2D eigenvalue weighted by Crippen LogP contribution is 2.34. The second kappa shape index (κ2) is 11.5. The number of nitrogens with one attached hydrogen (secondary N) is 2. The Morgan fingerprint density at radius 1 is 1.08 bits per heavy atom. The Bertz CT molecular complexity index is 1350. The molecule has 1 aliphatic carbocycles. The maximum absolute atomic E-state index is 13.4. The largest absolute Gasteiger partial charge is 0.349 e. The number of nitrogens with zero attached hydrogens (tertiary/aromatic N) is 2. The number of rotatable bonds is 7. The monoisotopic (exact) mass is 550 g/mol. The second-order valence-corrected chi connectivity index (χ2v) is 12.8. The molecule has 0 spiro atoms. The summed E-state index contributed by atoms with van der Waals surface area (Å²) in [5.74, 6) is -0.873. The first kappa shape index (κ1) is 27.4. The first-order valence-electron chi connectivity index (χ1n) is 14.0. The van der Waals surface area contributed by atoms with E-state index in [-0.39, 0.29) is 23.3 Å². The van der Waals surface area contributed by atoms with Crippen molar-refractivity contribution < 1.29 is 18.0 Å². The molecule has 0 bridgehead atoms. The predicted octanol–water partition coefficient (Wildman–Crippen LogP) is 4.09. The van der Waals surface area contributed by atoms with E-state index >= 15 is 0 Å². The van der Waals surface area contributed by atoms with Crippen LogP contribution in [0.15, 0.2) is 59.8 Å². The lowest BCUT2D eigenvalue weighted by Crippen LogP contribution is -2.51. The summed E-state index contributed by atoms with van der Waals surface area (Å²) in [6, 6.07) is 12.1. The Balaban J connectivity index is 1.29. The van der Waals surface area contributed by atoms with Gasteiger partial charge in [0.05, 0.1) is 17.4 Å². The fourth-order valence-electron chi connectivity index (χ4n) is 5.96. The van der Waals surface area contributed by atoms with Gasteiger partial charge in [0.2, 0.25) is 11.8 Å². The van der Waals surface area contributed by atoms with E-state index in [0.29, 0.717) is 6.04 Å². The van der Waals surface area contributed by atoms with Crippen molar-refractivity contribution in [2.24, 2.45) is 0 Å². The Morgan fingerprint density at radius 2 is 1.82 bits per heavy atom. The van der Waals surface area contributed by atoms with Crippen molar-refractivity contribution in [2.75, 3.05) is 13.1 Å². The standard InChI is InChI=1S/C30H38N4O4S/c1-21-9-12-25(13-10-21)39(37,38)34-18-15-31-30(36)28(34)20-29(35)32-27-8-6-7-24-19-23(11-14-26(24)27)22(2)33-16-4-3-5-17-33/h9-15,18-19,22,27-28H,3-8,16-17,20H2,1-2H3,(H,31,36)(H,32,35)/t22?,27-,28-/m1/s1. The van der Waals surface area contributed by atoms with Gasteiger partial charge in [-0.2, -0.15) is 0 Å². The van der Waals surface area contributed by atoms with Crippen LogP contribution in [0.3, 0.4) is 0 Å². The van der Waals surface area contributed by atoms with Crippen molar-refractivity contribution in [3.05, 3.63) is 77.1 Å². The lowest BCUT2D eigenvalue weighted by atomic mass is 9.85. The summed E-state index contributed by atoms with van der Waals surface area (Å²) in [6.07, 6.45) is 8.89. The average molecular weight is 551 g/mol. The van der Waals surface area contributed by atoms with Gasteiger partial charge in [0, 0.05) is 18.4 Å². The molecule has 1 unspecified atom stereocenters. The Hall–Kier alpha value is -3.17. The van der Waals surface area contributed by atoms with E-state index in [2.05, 4.69) is 40.7 Å². The molecule has 3 atom stereocenters. The van der Waals surface area contributed by atoms with Crippen LogP contribution in [0, 0.1) is 6.92 Å². The van der Waals surface area contributed by atoms with Crippen LogP contribution in [0.5, 0.6) is 0 Å². The molecule has 39 heavy (non-hydrogen) atoms. The maximum atomic E-state index is 13.4. The Labute approximate surface area is 231 Å². The van der Waals surface area contributed by atoms with Gasteiger partial charge in [-0.1, -0.05) is 42.3 Å². The highest BCUT2D eigenvalue weighted by molar-refractivity contribution is 7.89. The highest BCUT2D eigenvalue weighted by Gasteiger charge is 2.37. The van der Waals surface area contributed by atoms with Gasteiger partial charge in [0.25, 0.3) is 10.0 Å². The van der Waals surface area contributed by atoms with E-state index in [1.807, 2.05) is 6.92 Å². The molecule has 208 valence electrons. The van der Waals surface area contributed by atoms with Crippen molar-refractivity contribution in [3.63, 3.8) is 0 Å². The van der Waals surface area contributed by atoms with Gasteiger partial charge >= 0.3 is 0 Å². The molecule has 2 amide bonds. The van der Waals surface area contributed by atoms with Crippen LogP contribution in [-0.4, -0.2) is 48.6 Å². The van der Waals surface area contributed by atoms with Crippen molar-refractivity contribution in [3.8, 4) is 0 Å². The zero-order chi connectivity index (χ0) is 27.6. The molecule has 2 aromatic rings. The van der Waals surface area contributed by atoms with Gasteiger partial charge < -0.3 is 10.6 Å². The van der Waals surface area contributed by atoms with E-state index in [1.165, 1.54) is 54.9 Å². The number of likely N-dealkylation sites (tertiary alicyclic amines) is 1. The minimum absolute atomic E-state index is 0.0775. The number of hydrogen-bond acceptors (Lipinski definition) is 5. The molecule has 0 aromatic heterocycles. The van der Waals surface area contributed by atoms with Crippen LogP contribution < -0.4 is 10.6 Å². The minimum Gasteiger partial charge on any atom is -0.349 e. The van der Waals surface area contributed by atoms with Crippen LogP contribution in [0.4, 0.5) is 0 Å². The fraction of sp³-hybridized carbons (Fsp3) is 0.467. The van der Waals surface area contributed by atoms with E-state index in [0.717, 1.165) is 47.8 Å². The van der Waals surface area contributed by atoms with Gasteiger partial charge in [-0.3, -0.25) is 18.8 Å². The first-order chi connectivity index (χ1) is 18.7. The Morgan fingerprint density at radius 3 is 2.56 bits per heavy atom. The van der Waals surface area contributed by atoms with Gasteiger partial charge in [0.1, 0.15) is 6.04 Å². The molecule has 1 saturated heterocycles. The third-order valence-electron chi connectivity index (χ3n) is 8.27. The molecule has 0 radical (unpaired) electrons. The number of carbonyl (C=O) groups is 2. The first-order valence-corrected chi connectivity index (χ1v) is 15.4. The van der Waals surface area contributed by atoms with Crippen molar-refractivity contribution >= 4 is 21.8 Å². The number of benzene rings is 2. The lowest BCUT2D eigenvalue weighted by Gasteiger charge is -2.34. The zero-order valence-corrected chi connectivity index (χ0v) is 23.5. The second-order valence-electron chi connectivity index (χ2n) is 10.9. The van der Waals surface area contributed by atoms with Crippen LogP contribution in [0.25, 0.3) is 0 Å². The third-order valence-corrected chi connectivity index (χ3v) is 10.1. The summed E-state index contributed by atoms with van der Waals surface area (Å²) >= 11 is 0. The lowest BCUT2D eigenvalue weighted by molar-refractivity contribution is -0.129. The summed E-state index contributed by atoms with van der Waals surface area (Å²) in [5, 5.41) is 5.65. The molecule has 2 aliphatic heterocycles. The average Bonchev–Trinajstić information content (AvgIpc) is 2.94. The fourth-order valence-corrected chi connectivity index (χ4v) is 7.41. The SMILES string of the molecule is Cc1ccc(S(=O)(=O)N2C=CNC(=O)[C@H]2CC(=O)N[C@@H]2CCCc3cc(C(C)N4CCCCC4)ccc32)cc1. The van der Waals surface area contributed by atoms with Gasteiger partial charge in [0.15, 0.2) is 0 Å². The maximum Gasteiger partial charge on any atom is 0.264 e. The van der Waals surface area contributed by atoms with E-state index in [1.54, 1.807) is 12.1 Å². The van der Waals surface area contributed by atoms with E-state index in [9.17, 15) is 18.0 Å². The van der Waals surface area contributed by atoms with Gasteiger partial charge in [-0.15, -0.1) is 0 Å². The van der Waals surface area contributed by atoms with Crippen molar-refractivity contribution in [2.45, 2.75) is 81.8 Å². The van der Waals surface area contributed by atoms with Crippen molar-refractivity contribution in [1.82, 2.24) is 19.8 Å². The molecule has 9 heteroatoms. The molecular formula is C30H38N4O4S. The van der Waals surface area contributed by atoms with Crippen LogP contribution in [-0.2, 0) is 26.0 Å². The van der Waals surface area contributed by atoms with Crippen LogP contribution in [0.2, 0.25) is 0 Å². The molecule has 2 N–H and O–H groups in total. The summed E-state index contributed by atoms with van der Waals surface area (Å²) in [7, 11) is -4.01. The zero-order valence-electron chi connectivity index (χ0n) is 22.7. The van der Waals surface area contributed by atoms with Crippen LogP contribution in [0.1, 0.15) is 79.8 Å². The quantitative estimate of drug-likeness (QED) is 0.541. The number of carbonyl (C=O) groups excluding carboxylic acids is 2. The molecule has 1 fully saturated rings. The molecule has 2 aromatic carbocycles. The third kappa shape index (κ3) is 5.89. The molecule has 3 aliphatic rings. The van der Waals surface area contributed by atoms with E-state index in [4.69, 9.17) is 0 Å². The summed E-state index contributed by atoms with van der Waals surface area (Å²) < 4.78 is 27.7. The molecule has 8 nitrogen and oxygen atoms in total. The van der Waals surface area contributed by atoms with E-state index < -0.39 is 22.0 Å². The molecule has 2 heterocycles. The number of amides is 2. The number of hydrogen-bond donors (Lipinski definition) is 2. The summed E-state index contributed by atoms with van der Waals surface area (Å²) in [4.78, 5) is 28.6. The Kier molecular flexibility index (Phi) is 8.09. The molecule has 5 rings (SSSR count). The molecule has 0 saturated carbocycles. The van der Waals surface area contributed by atoms with Gasteiger partial charge in [-0.05, 0) is 87.9 Å². The minimum atomic E-state index is -4.01. The number of fused-ring (bicyclic) bond motifs is 1. The topological polar surface area (TPSA) is 98.8 Å². The van der Waals surface area contributed by atoms with Crippen LogP contribution >= 0.6 is 0 Å². The number of sulfonamides is 1. The highest BCUT2D eigenvalue weighted by atomic mass is 32.2.